The molecule has 1 aliphatic rings. The van der Waals surface area contributed by atoms with Gasteiger partial charge in [0.05, 0.1) is 35.0 Å². The summed E-state index contributed by atoms with van der Waals surface area (Å²) in [6.07, 6.45) is 2.54. The van der Waals surface area contributed by atoms with Crippen LogP contribution in [-0.2, 0) is 26.2 Å². The maximum Gasteiger partial charge on any atom is 0.333 e. The van der Waals surface area contributed by atoms with Crippen LogP contribution in [0.15, 0.2) is 108 Å². The van der Waals surface area contributed by atoms with Crippen molar-refractivity contribution < 1.29 is 32.3 Å². The number of nitrogens with zero attached hydrogens (tertiary/aromatic N) is 3. The zero-order chi connectivity index (χ0) is 30.6. The molecule has 0 aliphatic carbocycles. The smallest absolute Gasteiger partial charge is 0.333 e. The molecule has 43 heavy (non-hydrogen) atoms. The van der Waals surface area contributed by atoms with Crippen LogP contribution in [0.5, 0.6) is 5.75 Å². The van der Waals surface area contributed by atoms with Gasteiger partial charge in [-0.3, -0.25) is 19.5 Å². The molecular formula is C32H29N3O7S. The lowest BCUT2D eigenvalue weighted by Crippen LogP contribution is -2.57. The van der Waals surface area contributed by atoms with Crippen LogP contribution in [0.1, 0.15) is 39.6 Å². The minimum absolute atomic E-state index is 0.0971. The van der Waals surface area contributed by atoms with E-state index in [1.165, 1.54) is 56.8 Å². The molecule has 0 N–H and O–H groups in total. The lowest BCUT2D eigenvalue weighted by molar-refractivity contribution is -0.150. The lowest BCUT2D eigenvalue weighted by atomic mass is 9.96. The molecule has 220 valence electrons. The number of benzene rings is 3. The molecule has 4 aromatic rings. The molecule has 0 spiro atoms. The summed E-state index contributed by atoms with van der Waals surface area (Å²) in [7, 11) is -2.98. The number of methoxy groups -OCH3 is 1. The van der Waals surface area contributed by atoms with Gasteiger partial charge in [0, 0.05) is 19.2 Å². The van der Waals surface area contributed by atoms with Crippen molar-refractivity contribution in [3.63, 3.8) is 0 Å². The Bertz CT molecular complexity index is 1710. The number of esters is 1. The highest BCUT2D eigenvalue weighted by molar-refractivity contribution is 7.93. The van der Waals surface area contributed by atoms with Gasteiger partial charge in [-0.05, 0) is 61.0 Å². The third kappa shape index (κ3) is 5.71. The van der Waals surface area contributed by atoms with E-state index in [2.05, 4.69) is 4.98 Å². The summed E-state index contributed by atoms with van der Waals surface area (Å²) in [5.41, 5.74) is -0.637. The zero-order valence-electron chi connectivity index (χ0n) is 23.5. The molecule has 3 aromatic carbocycles. The molecule has 0 fully saturated rings. The summed E-state index contributed by atoms with van der Waals surface area (Å²) in [6.45, 7) is 1.05. The predicted octanol–water partition coefficient (Wildman–Crippen LogP) is 4.47. The van der Waals surface area contributed by atoms with Crippen LogP contribution in [0.4, 0.5) is 5.69 Å². The average molecular weight is 600 g/mol. The van der Waals surface area contributed by atoms with Crippen molar-refractivity contribution in [1.82, 2.24) is 9.88 Å². The molecule has 1 atom stereocenters. The first kappa shape index (κ1) is 29.5. The number of anilines is 1. The number of sulfonamides is 1. The number of fused-ring (bicyclic) bond motifs is 1. The van der Waals surface area contributed by atoms with Crippen LogP contribution in [-0.4, -0.2) is 55.3 Å². The Labute approximate surface area is 249 Å². The number of imide groups is 1. The highest BCUT2D eigenvalue weighted by atomic mass is 32.2. The van der Waals surface area contributed by atoms with Gasteiger partial charge in [0.1, 0.15) is 12.4 Å². The van der Waals surface area contributed by atoms with E-state index < -0.39 is 33.3 Å². The van der Waals surface area contributed by atoms with Gasteiger partial charge in [0.2, 0.25) is 0 Å². The van der Waals surface area contributed by atoms with Gasteiger partial charge in [-0.2, -0.15) is 0 Å². The first-order chi connectivity index (χ1) is 20.7. The second kappa shape index (κ2) is 12.1. The summed E-state index contributed by atoms with van der Waals surface area (Å²) in [4.78, 5) is 45.4. The van der Waals surface area contributed by atoms with E-state index in [4.69, 9.17) is 9.47 Å². The second-order valence-corrected chi connectivity index (χ2v) is 11.8. The fourth-order valence-corrected chi connectivity index (χ4v) is 6.73. The maximum atomic E-state index is 14.4. The summed E-state index contributed by atoms with van der Waals surface area (Å²) in [5.74, 6) is -1.46. The molecule has 11 heteroatoms. The molecule has 0 saturated heterocycles. The van der Waals surface area contributed by atoms with Gasteiger partial charge in [-0.15, -0.1) is 0 Å². The Morgan fingerprint density at radius 1 is 0.884 bits per heavy atom. The van der Waals surface area contributed by atoms with Crippen molar-refractivity contribution in [2.45, 2.75) is 30.4 Å². The van der Waals surface area contributed by atoms with Crippen molar-refractivity contribution in [1.29, 1.82) is 0 Å². The fraction of sp³-hybridized carbons (Fsp3) is 0.188. The van der Waals surface area contributed by atoms with E-state index in [1.807, 2.05) is 6.07 Å². The van der Waals surface area contributed by atoms with E-state index in [9.17, 15) is 22.8 Å². The SMILES string of the molecule is COc1ccc(S(=O)(=O)N(c2cccnc2)C(C)(CCN2C(=O)c3ccccc3C2=O)C(=O)OCc2ccccc2)cc1. The third-order valence-electron chi connectivity index (χ3n) is 7.28. The summed E-state index contributed by atoms with van der Waals surface area (Å²) >= 11 is 0. The standard InChI is InChI=1S/C32H29N3O7S/c1-32(31(38)42-22-23-9-4-3-5-10-23,18-20-34-29(36)27-12-6-7-13-28(27)30(34)37)35(24-11-8-19-33-21-24)43(39,40)26-16-14-25(41-2)15-17-26/h3-17,19,21H,18,20,22H2,1-2H3. The molecule has 5 rings (SSSR count). The largest absolute Gasteiger partial charge is 0.497 e. The Kier molecular flexibility index (Phi) is 8.27. The minimum Gasteiger partial charge on any atom is -0.497 e. The number of carbonyl (C=O) groups is 3. The monoisotopic (exact) mass is 599 g/mol. The van der Waals surface area contributed by atoms with E-state index in [0.29, 0.717) is 11.3 Å². The number of rotatable bonds is 11. The predicted molar refractivity (Wildman–Crippen MR) is 158 cm³/mol. The van der Waals surface area contributed by atoms with E-state index in [1.54, 1.807) is 54.6 Å². The highest BCUT2D eigenvalue weighted by Gasteiger charge is 2.49. The molecule has 0 saturated carbocycles. The van der Waals surface area contributed by atoms with Crippen molar-refractivity contribution in [3.05, 3.63) is 120 Å². The van der Waals surface area contributed by atoms with Crippen LogP contribution in [0, 0.1) is 0 Å². The molecular weight excluding hydrogens is 570 g/mol. The van der Waals surface area contributed by atoms with E-state index >= 15 is 0 Å². The van der Waals surface area contributed by atoms with Crippen molar-refractivity contribution in [2.75, 3.05) is 18.0 Å². The van der Waals surface area contributed by atoms with Crippen molar-refractivity contribution in [2.24, 2.45) is 0 Å². The van der Waals surface area contributed by atoms with Crippen LogP contribution >= 0.6 is 0 Å². The number of ether oxygens (including phenoxy) is 2. The minimum atomic E-state index is -4.44. The van der Waals surface area contributed by atoms with E-state index in [0.717, 1.165) is 9.21 Å². The summed E-state index contributed by atoms with van der Waals surface area (Å²) < 4.78 is 40.6. The van der Waals surface area contributed by atoms with Crippen molar-refractivity contribution >= 4 is 33.5 Å². The molecule has 0 radical (unpaired) electrons. The Morgan fingerprint density at radius 3 is 2.09 bits per heavy atom. The molecule has 1 aliphatic heterocycles. The van der Waals surface area contributed by atoms with Gasteiger partial charge in [-0.25, -0.2) is 17.5 Å². The number of carbonyl (C=O) groups excluding carboxylic acids is 3. The topological polar surface area (TPSA) is 123 Å². The van der Waals surface area contributed by atoms with Crippen LogP contribution < -0.4 is 9.04 Å². The number of pyridine rings is 1. The molecule has 1 aromatic heterocycles. The first-order valence-electron chi connectivity index (χ1n) is 13.4. The molecule has 1 unspecified atom stereocenters. The quantitative estimate of drug-likeness (QED) is 0.183. The molecule has 10 nitrogen and oxygen atoms in total. The number of hydrogen-bond acceptors (Lipinski definition) is 8. The first-order valence-corrected chi connectivity index (χ1v) is 14.9. The average Bonchev–Trinajstić information content (AvgIpc) is 3.28. The lowest BCUT2D eigenvalue weighted by Gasteiger charge is -2.40. The Balaban J connectivity index is 1.57. The number of amides is 2. The number of hydrogen-bond donors (Lipinski definition) is 0. The van der Waals surface area contributed by atoms with Gasteiger partial charge in [0.15, 0.2) is 5.54 Å². The van der Waals surface area contributed by atoms with E-state index in [-0.39, 0.29) is 41.3 Å². The van der Waals surface area contributed by atoms with Crippen LogP contribution in [0.2, 0.25) is 0 Å². The maximum absolute atomic E-state index is 14.4. The normalized spacial score (nSPS) is 14.1. The third-order valence-corrected chi connectivity index (χ3v) is 9.24. The summed E-state index contributed by atoms with van der Waals surface area (Å²) in [5, 5.41) is 0. The Hall–Kier alpha value is -5.03. The van der Waals surface area contributed by atoms with Crippen molar-refractivity contribution in [3.8, 4) is 5.75 Å². The van der Waals surface area contributed by atoms with Gasteiger partial charge in [0.25, 0.3) is 21.8 Å². The second-order valence-electron chi connectivity index (χ2n) is 10.0. The Morgan fingerprint density at radius 2 is 1.51 bits per heavy atom. The molecule has 2 heterocycles. The molecule has 2 amide bonds. The van der Waals surface area contributed by atoms with Crippen LogP contribution in [0.25, 0.3) is 0 Å². The van der Waals surface area contributed by atoms with Gasteiger partial charge < -0.3 is 9.47 Å². The fourth-order valence-electron chi connectivity index (χ4n) is 4.95. The highest BCUT2D eigenvalue weighted by Crippen LogP contribution is 2.36. The van der Waals surface area contributed by atoms with Crippen LogP contribution in [0.3, 0.4) is 0 Å². The van der Waals surface area contributed by atoms with Gasteiger partial charge in [-0.1, -0.05) is 42.5 Å². The summed E-state index contributed by atoms with van der Waals surface area (Å²) in [6, 6.07) is 24.2. The zero-order valence-corrected chi connectivity index (χ0v) is 24.4. The van der Waals surface area contributed by atoms with Gasteiger partial charge >= 0.3 is 5.97 Å². The number of aromatic nitrogens is 1. The molecule has 0 bridgehead atoms.